The van der Waals surface area contributed by atoms with Crippen LogP contribution in [-0.2, 0) is 6.42 Å². The van der Waals surface area contributed by atoms with E-state index >= 15 is 0 Å². The second-order valence-electron chi connectivity index (χ2n) is 4.12. The first-order valence-electron chi connectivity index (χ1n) is 6.00. The number of rotatable bonds is 3. The Morgan fingerprint density at radius 1 is 1.35 bits per heavy atom. The molecule has 0 unspecified atom stereocenters. The molecule has 1 aliphatic carbocycles. The van der Waals surface area contributed by atoms with Gasteiger partial charge in [0.05, 0.1) is 6.61 Å². The number of ether oxygens (including phenoxy) is 1. The Labute approximate surface area is 102 Å². The molecule has 0 fully saturated rings. The summed E-state index contributed by atoms with van der Waals surface area (Å²) in [5.41, 5.74) is 2.00. The standard InChI is InChI=1S/C15H16O2/c1-2-3-4-10-17-13-8-9-14-12(11-13)6-5-7-15(14)16/h8-9,11H,4-7,10H2,1H3. The highest BCUT2D eigenvalue weighted by atomic mass is 16.5. The van der Waals surface area contributed by atoms with Gasteiger partial charge in [-0.1, -0.05) is 0 Å². The van der Waals surface area contributed by atoms with Crippen LogP contribution in [0.25, 0.3) is 0 Å². The van der Waals surface area contributed by atoms with E-state index in [4.69, 9.17) is 4.74 Å². The predicted molar refractivity (Wildman–Crippen MR) is 67.3 cm³/mol. The van der Waals surface area contributed by atoms with Gasteiger partial charge < -0.3 is 4.74 Å². The average Bonchev–Trinajstić information content (AvgIpc) is 2.35. The minimum atomic E-state index is 0.259. The number of Topliss-reactive ketones (excluding diaryl/α,β-unsaturated/α-hetero) is 1. The van der Waals surface area contributed by atoms with Crippen molar-refractivity contribution < 1.29 is 9.53 Å². The van der Waals surface area contributed by atoms with Crippen LogP contribution in [0.5, 0.6) is 5.75 Å². The summed E-state index contributed by atoms with van der Waals surface area (Å²) in [5.74, 6) is 6.90. The quantitative estimate of drug-likeness (QED) is 0.587. The summed E-state index contributed by atoms with van der Waals surface area (Å²) < 4.78 is 5.60. The van der Waals surface area contributed by atoms with E-state index in [0.717, 1.165) is 36.1 Å². The van der Waals surface area contributed by atoms with Gasteiger partial charge in [-0.3, -0.25) is 4.79 Å². The minimum Gasteiger partial charge on any atom is -0.493 e. The fourth-order valence-corrected chi connectivity index (χ4v) is 2.06. The maximum absolute atomic E-state index is 11.6. The maximum Gasteiger partial charge on any atom is 0.163 e. The molecule has 0 amide bonds. The van der Waals surface area contributed by atoms with E-state index in [0.29, 0.717) is 13.0 Å². The molecule has 2 heteroatoms. The van der Waals surface area contributed by atoms with Gasteiger partial charge in [0, 0.05) is 18.4 Å². The third-order valence-corrected chi connectivity index (χ3v) is 2.90. The summed E-state index contributed by atoms with van der Waals surface area (Å²) >= 11 is 0. The summed E-state index contributed by atoms with van der Waals surface area (Å²) in [4.78, 5) is 11.6. The second kappa shape index (κ2) is 5.54. The Morgan fingerprint density at radius 3 is 3.06 bits per heavy atom. The molecule has 0 spiro atoms. The number of aryl methyl sites for hydroxylation is 1. The van der Waals surface area contributed by atoms with Crippen LogP contribution in [0.15, 0.2) is 18.2 Å². The normalized spacial score (nSPS) is 13.6. The number of fused-ring (bicyclic) bond motifs is 1. The number of hydrogen-bond acceptors (Lipinski definition) is 2. The zero-order valence-electron chi connectivity index (χ0n) is 10.1. The van der Waals surface area contributed by atoms with E-state index in [1.54, 1.807) is 0 Å². The fourth-order valence-electron chi connectivity index (χ4n) is 2.06. The Bertz CT molecular complexity index is 477. The molecule has 2 rings (SSSR count). The lowest BCUT2D eigenvalue weighted by Crippen LogP contribution is -2.10. The molecule has 1 aromatic carbocycles. The van der Waals surface area contributed by atoms with Gasteiger partial charge in [0.25, 0.3) is 0 Å². The maximum atomic E-state index is 11.6. The van der Waals surface area contributed by atoms with Gasteiger partial charge in [-0.2, -0.15) is 0 Å². The third kappa shape index (κ3) is 2.88. The zero-order chi connectivity index (χ0) is 12.1. The monoisotopic (exact) mass is 228 g/mol. The van der Waals surface area contributed by atoms with Crippen molar-refractivity contribution in [1.82, 2.24) is 0 Å². The first-order valence-corrected chi connectivity index (χ1v) is 6.00. The van der Waals surface area contributed by atoms with Gasteiger partial charge in [-0.25, -0.2) is 0 Å². The summed E-state index contributed by atoms with van der Waals surface area (Å²) in [6.45, 7) is 2.43. The van der Waals surface area contributed by atoms with E-state index in [1.165, 1.54) is 0 Å². The third-order valence-electron chi connectivity index (χ3n) is 2.90. The van der Waals surface area contributed by atoms with Gasteiger partial charge in [-0.05, 0) is 43.5 Å². The molecule has 88 valence electrons. The van der Waals surface area contributed by atoms with Crippen LogP contribution in [0.3, 0.4) is 0 Å². The molecule has 0 heterocycles. The smallest absolute Gasteiger partial charge is 0.163 e. The minimum absolute atomic E-state index is 0.259. The molecule has 1 aliphatic rings. The molecular weight excluding hydrogens is 212 g/mol. The fraction of sp³-hybridized carbons (Fsp3) is 0.400. The van der Waals surface area contributed by atoms with E-state index in [1.807, 2.05) is 25.1 Å². The van der Waals surface area contributed by atoms with Crippen LogP contribution in [0.1, 0.15) is 42.1 Å². The van der Waals surface area contributed by atoms with Crippen molar-refractivity contribution in [3.8, 4) is 17.6 Å². The average molecular weight is 228 g/mol. The molecule has 0 saturated heterocycles. The molecule has 0 aromatic heterocycles. The summed E-state index contributed by atoms with van der Waals surface area (Å²) in [7, 11) is 0. The van der Waals surface area contributed by atoms with E-state index in [2.05, 4.69) is 11.8 Å². The van der Waals surface area contributed by atoms with Crippen molar-refractivity contribution in [3.05, 3.63) is 29.3 Å². The Balaban J connectivity index is 2.04. The van der Waals surface area contributed by atoms with E-state index < -0.39 is 0 Å². The van der Waals surface area contributed by atoms with Crippen LogP contribution in [-0.4, -0.2) is 12.4 Å². The Hall–Kier alpha value is -1.75. The first kappa shape index (κ1) is 11.7. The van der Waals surface area contributed by atoms with Crippen LogP contribution in [0, 0.1) is 11.8 Å². The molecular formula is C15H16O2. The van der Waals surface area contributed by atoms with Crippen LogP contribution >= 0.6 is 0 Å². The highest BCUT2D eigenvalue weighted by Crippen LogP contribution is 2.25. The van der Waals surface area contributed by atoms with Crippen molar-refractivity contribution in [2.45, 2.75) is 32.6 Å². The van der Waals surface area contributed by atoms with Gasteiger partial charge >= 0.3 is 0 Å². The SMILES string of the molecule is CC#CCCOc1ccc2c(c1)CCCC2=O. The highest BCUT2D eigenvalue weighted by Gasteiger charge is 2.17. The van der Waals surface area contributed by atoms with Gasteiger partial charge in [0.1, 0.15) is 5.75 Å². The lowest BCUT2D eigenvalue weighted by Gasteiger charge is -2.15. The second-order valence-corrected chi connectivity index (χ2v) is 4.12. The van der Waals surface area contributed by atoms with Crippen LogP contribution in [0.4, 0.5) is 0 Å². The molecule has 0 aliphatic heterocycles. The summed E-state index contributed by atoms with van der Waals surface area (Å²) in [6, 6.07) is 5.75. The zero-order valence-corrected chi connectivity index (χ0v) is 10.1. The lowest BCUT2D eigenvalue weighted by atomic mass is 9.91. The van der Waals surface area contributed by atoms with Crippen LogP contribution in [0.2, 0.25) is 0 Å². The van der Waals surface area contributed by atoms with Crippen molar-refractivity contribution in [2.24, 2.45) is 0 Å². The molecule has 17 heavy (non-hydrogen) atoms. The number of carbonyl (C=O) groups excluding carboxylic acids is 1. The van der Waals surface area contributed by atoms with Crippen molar-refractivity contribution in [3.63, 3.8) is 0 Å². The molecule has 0 N–H and O–H groups in total. The van der Waals surface area contributed by atoms with Crippen LogP contribution < -0.4 is 4.74 Å². The molecule has 1 aromatic rings. The summed E-state index contributed by atoms with van der Waals surface area (Å²) in [6.07, 6.45) is 3.36. The topological polar surface area (TPSA) is 26.3 Å². The van der Waals surface area contributed by atoms with Crippen molar-refractivity contribution in [1.29, 1.82) is 0 Å². The van der Waals surface area contributed by atoms with Gasteiger partial charge in [0.15, 0.2) is 5.78 Å². The van der Waals surface area contributed by atoms with E-state index in [9.17, 15) is 4.79 Å². The van der Waals surface area contributed by atoms with Crippen molar-refractivity contribution in [2.75, 3.05) is 6.61 Å². The van der Waals surface area contributed by atoms with Gasteiger partial charge in [-0.15, -0.1) is 11.8 Å². The number of carbonyl (C=O) groups is 1. The highest BCUT2D eigenvalue weighted by molar-refractivity contribution is 5.98. The number of benzene rings is 1. The first-order chi connectivity index (χ1) is 8.31. The lowest BCUT2D eigenvalue weighted by molar-refractivity contribution is 0.0972. The van der Waals surface area contributed by atoms with E-state index in [-0.39, 0.29) is 5.78 Å². The van der Waals surface area contributed by atoms with Crippen molar-refractivity contribution >= 4 is 5.78 Å². The molecule has 0 atom stereocenters. The number of hydrogen-bond donors (Lipinski definition) is 0. The molecule has 2 nitrogen and oxygen atoms in total. The van der Waals surface area contributed by atoms with Gasteiger partial charge in [0.2, 0.25) is 0 Å². The molecule has 0 saturated carbocycles. The Morgan fingerprint density at radius 2 is 2.24 bits per heavy atom. The number of ketones is 1. The molecule has 0 radical (unpaired) electrons. The molecule has 0 bridgehead atoms. The largest absolute Gasteiger partial charge is 0.493 e. The predicted octanol–water partition coefficient (Wildman–Crippen LogP) is 3.00. The Kier molecular flexibility index (Phi) is 3.82. The summed E-state index contributed by atoms with van der Waals surface area (Å²) in [5, 5.41) is 0.